The second kappa shape index (κ2) is 5.70. The van der Waals surface area contributed by atoms with Crippen molar-refractivity contribution in [1.29, 1.82) is 0 Å². The Morgan fingerprint density at radius 3 is 3.11 bits per heavy atom. The van der Waals surface area contributed by atoms with Gasteiger partial charge in [0.25, 0.3) is 0 Å². The number of nitrogens with zero attached hydrogens (tertiary/aromatic N) is 3. The molecule has 0 saturated carbocycles. The first-order valence-corrected chi connectivity index (χ1v) is 5.59. The van der Waals surface area contributed by atoms with E-state index in [9.17, 15) is 4.79 Å². The van der Waals surface area contributed by atoms with Gasteiger partial charge in [0.1, 0.15) is 0 Å². The van der Waals surface area contributed by atoms with Gasteiger partial charge in [-0.05, 0) is 23.6 Å². The first-order chi connectivity index (χ1) is 8.85. The molecular formula is C13H12N4O. The van der Waals surface area contributed by atoms with Crippen LogP contribution in [0.4, 0.5) is 0 Å². The van der Waals surface area contributed by atoms with Gasteiger partial charge in [0, 0.05) is 34.1 Å². The zero-order chi connectivity index (χ0) is 12.8. The van der Waals surface area contributed by atoms with Gasteiger partial charge in [-0.2, -0.15) is 0 Å². The highest BCUT2D eigenvalue weighted by Gasteiger charge is 2.01. The maximum absolute atomic E-state index is 10.8. The van der Waals surface area contributed by atoms with Crippen LogP contribution in [-0.2, 0) is 0 Å². The summed E-state index contributed by atoms with van der Waals surface area (Å²) in [7, 11) is 0. The van der Waals surface area contributed by atoms with Crippen LogP contribution in [0.3, 0.4) is 0 Å². The van der Waals surface area contributed by atoms with E-state index in [2.05, 4.69) is 15.0 Å². The third kappa shape index (κ3) is 2.59. The Kier molecular flexibility index (Phi) is 3.79. The van der Waals surface area contributed by atoms with Crippen molar-refractivity contribution in [2.45, 2.75) is 6.42 Å². The summed E-state index contributed by atoms with van der Waals surface area (Å²) < 4.78 is 0. The van der Waals surface area contributed by atoms with Crippen LogP contribution in [0, 0.1) is 0 Å². The van der Waals surface area contributed by atoms with Crippen molar-refractivity contribution in [3.05, 3.63) is 52.0 Å². The van der Waals surface area contributed by atoms with Gasteiger partial charge in [0.15, 0.2) is 6.29 Å². The van der Waals surface area contributed by atoms with E-state index in [-0.39, 0.29) is 0 Å². The highest BCUT2D eigenvalue weighted by Crippen LogP contribution is 2.19. The van der Waals surface area contributed by atoms with Gasteiger partial charge in [-0.3, -0.25) is 4.79 Å². The molecular weight excluding hydrogens is 228 g/mol. The standard InChI is InChI=1S/C13H12N4O/c14-17-16-6-2-1-3-10-4-5-12-11(9-18)8-15-13(12)7-10/h1,3-5,7-9,15H,2,6H2. The number of aromatic amines is 1. The summed E-state index contributed by atoms with van der Waals surface area (Å²) in [4.78, 5) is 16.5. The van der Waals surface area contributed by atoms with Gasteiger partial charge in [-0.25, -0.2) is 0 Å². The number of H-pyrrole nitrogens is 1. The van der Waals surface area contributed by atoms with Crippen molar-refractivity contribution in [2.75, 3.05) is 6.54 Å². The normalized spacial score (nSPS) is 10.7. The molecule has 0 aliphatic carbocycles. The van der Waals surface area contributed by atoms with E-state index in [1.165, 1.54) is 0 Å². The fourth-order valence-corrected chi connectivity index (χ4v) is 1.76. The fraction of sp³-hybridized carbons (Fsp3) is 0.154. The van der Waals surface area contributed by atoms with Crippen LogP contribution in [0.1, 0.15) is 22.3 Å². The molecule has 0 spiro atoms. The highest BCUT2D eigenvalue weighted by atomic mass is 16.1. The summed E-state index contributed by atoms with van der Waals surface area (Å²) >= 11 is 0. The van der Waals surface area contributed by atoms with E-state index < -0.39 is 0 Å². The number of aromatic nitrogens is 1. The molecule has 1 heterocycles. The Hall–Kier alpha value is -2.52. The van der Waals surface area contributed by atoms with Crippen LogP contribution in [0.25, 0.3) is 27.4 Å². The van der Waals surface area contributed by atoms with Crippen LogP contribution in [0.15, 0.2) is 35.6 Å². The number of fused-ring (bicyclic) bond motifs is 1. The van der Waals surface area contributed by atoms with E-state index in [1.54, 1.807) is 6.20 Å². The summed E-state index contributed by atoms with van der Waals surface area (Å²) in [6, 6.07) is 5.85. The average Bonchev–Trinajstić information content (AvgIpc) is 2.80. The van der Waals surface area contributed by atoms with Gasteiger partial charge in [0.05, 0.1) is 0 Å². The minimum atomic E-state index is 0.465. The molecule has 0 aliphatic rings. The van der Waals surface area contributed by atoms with E-state index in [4.69, 9.17) is 5.53 Å². The van der Waals surface area contributed by atoms with Gasteiger partial charge in [-0.15, -0.1) is 0 Å². The second-order valence-electron chi connectivity index (χ2n) is 3.81. The first kappa shape index (κ1) is 12.0. The fourth-order valence-electron chi connectivity index (χ4n) is 1.76. The molecule has 90 valence electrons. The largest absolute Gasteiger partial charge is 0.360 e. The summed E-state index contributed by atoms with van der Waals surface area (Å²) in [5, 5.41) is 4.38. The predicted octanol–water partition coefficient (Wildman–Crippen LogP) is 3.69. The molecule has 1 aromatic carbocycles. The molecule has 0 radical (unpaired) electrons. The van der Waals surface area contributed by atoms with Crippen LogP contribution in [-0.4, -0.2) is 17.8 Å². The quantitative estimate of drug-likeness (QED) is 0.279. The van der Waals surface area contributed by atoms with E-state index in [1.807, 2.05) is 30.4 Å². The van der Waals surface area contributed by atoms with Gasteiger partial charge in [-0.1, -0.05) is 29.4 Å². The lowest BCUT2D eigenvalue weighted by Gasteiger charge is -1.95. The van der Waals surface area contributed by atoms with E-state index >= 15 is 0 Å². The van der Waals surface area contributed by atoms with Gasteiger partial charge in [0.2, 0.25) is 0 Å². The Labute approximate surface area is 104 Å². The van der Waals surface area contributed by atoms with Crippen molar-refractivity contribution in [3.8, 4) is 0 Å². The molecule has 18 heavy (non-hydrogen) atoms. The number of benzene rings is 1. The van der Waals surface area contributed by atoms with Crippen molar-refractivity contribution >= 4 is 23.3 Å². The lowest BCUT2D eigenvalue weighted by molar-refractivity contribution is 0.112. The maximum atomic E-state index is 10.8. The van der Waals surface area contributed by atoms with Crippen LogP contribution < -0.4 is 0 Å². The molecule has 0 atom stereocenters. The van der Waals surface area contributed by atoms with E-state index in [0.717, 1.165) is 22.8 Å². The van der Waals surface area contributed by atoms with Gasteiger partial charge < -0.3 is 4.98 Å². The van der Waals surface area contributed by atoms with Crippen LogP contribution in [0.2, 0.25) is 0 Å². The monoisotopic (exact) mass is 240 g/mol. The topological polar surface area (TPSA) is 81.6 Å². The molecule has 0 aliphatic heterocycles. The lowest BCUT2D eigenvalue weighted by atomic mass is 10.1. The van der Waals surface area contributed by atoms with Gasteiger partial charge >= 0.3 is 0 Å². The predicted molar refractivity (Wildman–Crippen MR) is 71.4 cm³/mol. The third-order valence-electron chi connectivity index (χ3n) is 2.63. The van der Waals surface area contributed by atoms with Crippen molar-refractivity contribution in [2.24, 2.45) is 5.11 Å². The number of carbonyl (C=O) groups is 1. The molecule has 1 N–H and O–H groups in total. The molecule has 5 heteroatoms. The molecule has 0 bridgehead atoms. The number of hydrogen-bond acceptors (Lipinski definition) is 2. The average molecular weight is 240 g/mol. The summed E-state index contributed by atoms with van der Waals surface area (Å²) in [5.41, 5.74) is 10.8. The number of nitrogens with one attached hydrogen (secondary N) is 1. The van der Waals surface area contributed by atoms with Crippen LogP contribution in [0.5, 0.6) is 0 Å². The Morgan fingerprint density at radius 2 is 2.33 bits per heavy atom. The second-order valence-corrected chi connectivity index (χ2v) is 3.81. The number of carbonyl (C=O) groups excluding carboxylic acids is 1. The number of hydrogen-bond donors (Lipinski definition) is 1. The minimum Gasteiger partial charge on any atom is -0.360 e. The first-order valence-electron chi connectivity index (χ1n) is 5.59. The molecule has 2 aromatic rings. The van der Waals surface area contributed by atoms with E-state index in [0.29, 0.717) is 18.5 Å². The SMILES string of the molecule is [N-]=[N+]=NCCC=Cc1ccc2c(C=O)c[nH]c2c1. The zero-order valence-electron chi connectivity index (χ0n) is 9.71. The molecule has 2 rings (SSSR count). The van der Waals surface area contributed by atoms with Crippen LogP contribution >= 0.6 is 0 Å². The highest BCUT2D eigenvalue weighted by molar-refractivity contribution is 5.97. The van der Waals surface area contributed by atoms with Crippen molar-refractivity contribution in [1.82, 2.24) is 4.98 Å². The molecule has 5 nitrogen and oxygen atoms in total. The van der Waals surface area contributed by atoms with Crippen molar-refractivity contribution in [3.63, 3.8) is 0 Å². The Morgan fingerprint density at radius 1 is 1.44 bits per heavy atom. The number of rotatable bonds is 5. The minimum absolute atomic E-state index is 0.465. The summed E-state index contributed by atoms with van der Waals surface area (Å²) in [6.07, 6.45) is 7.18. The molecule has 1 aromatic heterocycles. The Balaban J connectivity index is 2.15. The zero-order valence-corrected chi connectivity index (χ0v) is 9.71. The number of azide groups is 1. The smallest absolute Gasteiger partial charge is 0.152 e. The molecule has 0 amide bonds. The molecule has 0 unspecified atom stereocenters. The third-order valence-corrected chi connectivity index (χ3v) is 2.63. The Bertz CT molecular complexity index is 635. The molecule has 0 fully saturated rings. The molecule has 0 saturated heterocycles. The number of aldehydes is 1. The summed E-state index contributed by atoms with van der Waals surface area (Å²) in [6.45, 7) is 0.465. The summed E-state index contributed by atoms with van der Waals surface area (Å²) in [5.74, 6) is 0. The maximum Gasteiger partial charge on any atom is 0.152 e. The van der Waals surface area contributed by atoms with Crippen molar-refractivity contribution < 1.29 is 4.79 Å². The lowest BCUT2D eigenvalue weighted by Crippen LogP contribution is -1.77.